The van der Waals surface area contributed by atoms with Gasteiger partial charge in [0.15, 0.2) is 0 Å². The lowest BCUT2D eigenvalue weighted by Gasteiger charge is -2.35. The van der Waals surface area contributed by atoms with Crippen LogP contribution in [0.15, 0.2) is 42.5 Å². The third kappa shape index (κ3) is 8.40. The number of methoxy groups -OCH3 is 1. The molecule has 1 aliphatic carbocycles. The van der Waals surface area contributed by atoms with Crippen LogP contribution >= 0.6 is 11.8 Å². The molecule has 0 aromatic heterocycles. The van der Waals surface area contributed by atoms with Gasteiger partial charge in [0, 0.05) is 11.7 Å². The molecule has 1 saturated carbocycles. The van der Waals surface area contributed by atoms with Crippen molar-refractivity contribution in [3.05, 3.63) is 59.2 Å². The molecular weight excluding hydrogens is 526 g/mol. The van der Waals surface area contributed by atoms with E-state index in [1.165, 1.54) is 0 Å². The van der Waals surface area contributed by atoms with Crippen molar-refractivity contribution < 1.29 is 23.9 Å². The summed E-state index contributed by atoms with van der Waals surface area (Å²) >= 11 is 1.59. The zero-order valence-electron chi connectivity index (χ0n) is 24.9. The van der Waals surface area contributed by atoms with Gasteiger partial charge in [0.25, 0.3) is 5.91 Å². The van der Waals surface area contributed by atoms with E-state index in [1.807, 2.05) is 38.3 Å². The number of hydrogen-bond donors (Lipinski definition) is 2. The number of ether oxygens (including phenoxy) is 2. The summed E-state index contributed by atoms with van der Waals surface area (Å²) in [5.74, 6) is 0.961. The van der Waals surface area contributed by atoms with Gasteiger partial charge >= 0.3 is 6.09 Å². The number of hydrogen-bond acceptors (Lipinski definition) is 6. The number of rotatable bonds is 11. The Labute approximate surface area is 242 Å². The number of nitrogens with zero attached hydrogens (tertiary/aromatic N) is 1. The Balaban J connectivity index is 2.02. The van der Waals surface area contributed by atoms with E-state index in [4.69, 9.17) is 9.47 Å². The lowest BCUT2D eigenvalue weighted by atomic mass is 9.97. The van der Waals surface area contributed by atoms with Crippen molar-refractivity contribution >= 4 is 35.4 Å². The quantitative estimate of drug-likeness (QED) is 0.351. The van der Waals surface area contributed by atoms with Crippen LogP contribution in [0, 0.1) is 19.8 Å². The van der Waals surface area contributed by atoms with Gasteiger partial charge in [-0.15, -0.1) is 0 Å². The second-order valence-corrected chi connectivity index (χ2v) is 12.5. The summed E-state index contributed by atoms with van der Waals surface area (Å²) in [5.41, 5.74) is 2.74. The van der Waals surface area contributed by atoms with Crippen LogP contribution in [-0.2, 0) is 14.3 Å². The van der Waals surface area contributed by atoms with E-state index in [1.54, 1.807) is 68.8 Å². The van der Waals surface area contributed by atoms with Crippen molar-refractivity contribution in [1.29, 1.82) is 0 Å². The standard InChI is InChI=1S/C31H43N3O5S/c1-19-9-10-22(17-20(19)2)27(28(35)32-23-11-13-24(38-7)14-12-23)34(26-18-21(26)3)29(36)25(15-16-40-8)33-30(37)39-31(4,5)6/h9-14,17,21,25-27H,15-16,18H2,1-8H3,(H,32,35)(H,33,37). The van der Waals surface area contributed by atoms with E-state index in [0.29, 0.717) is 23.6 Å². The van der Waals surface area contributed by atoms with Crippen LogP contribution in [0.25, 0.3) is 0 Å². The zero-order valence-corrected chi connectivity index (χ0v) is 25.7. The van der Waals surface area contributed by atoms with Gasteiger partial charge in [0.1, 0.15) is 23.4 Å². The maximum atomic E-state index is 14.3. The molecule has 40 heavy (non-hydrogen) atoms. The number of carbonyl (C=O) groups excluding carboxylic acids is 3. The Morgan fingerprint density at radius 1 is 1.07 bits per heavy atom. The highest BCUT2D eigenvalue weighted by atomic mass is 32.2. The summed E-state index contributed by atoms with van der Waals surface area (Å²) in [6, 6.07) is 11.1. The molecule has 2 aromatic carbocycles. The van der Waals surface area contributed by atoms with E-state index in [2.05, 4.69) is 17.6 Å². The number of anilines is 1. The number of benzene rings is 2. The fourth-order valence-corrected chi connectivity index (χ4v) is 5.02. The van der Waals surface area contributed by atoms with E-state index < -0.39 is 23.8 Å². The van der Waals surface area contributed by atoms with Gasteiger partial charge in [-0.1, -0.05) is 25.1 Å². The van der Waals surface area contributed by atoms with Crippen LogP contribution in [0.5, 0.6) is 5.75 Å². The Kier molecular flexibility index (Phi) is 10.5. The van der Waals surface area contributed by atoms with Crippen LogP contribution in [0.3, 0.4) is 0 Å². The lowest BCUT2D eigenvalue weighted by Crippen LogP contribution is -2.53. The van der Waals surface area contributed by atoms with Crippen LogP contribution in [0.1, 0.15) is 63.3 Å². The topological polar surface area (TPSA) is 97.0 Å². The Bertz CT molecular complexity index is 1190. The molecule has 0 spiro atoms. The smallest absolute Gasteiger partial charge is 0.408 e. The normalized spacial score (nSPS) is 17.8. The molecule has 0 aliphatic heterocycles. The number of amides is 3. The molecule has 0 heterocycles. The predicted molar refractivity (Wildman–Crippen MR) is 161 cm³/mol. The fraction of sp³-hybridized carbons (Fsp3) is 0.516. The van der Waals surface area contributed by atoms with Gasteiger partial charge in [0.05, 0.1) is 7.11 Å². The molecular formula is C31H43N3O5S. The maximum Gasteiger partial charge on any atom is 0.408 e. The summed E-state index contributed by atoms with van der Waals surface area (Å²) in [6.45, 7) is 11.4. The molecule has 1 fully saturated rings. The second kappa shape index (κ2) is 13.4. The Morgan fingerprint density at radius 2 is 1.73 bits per heavy atom. The number of carbonyl (C=O) groups is 3. The highest BCUT2D eigenvalue weighted by Crippen LogP contribution is 2.41. The average Bonchev–Trinajstić information content (AvgIpc) is 3.61. The first-order valence-electron chi connectivity index (χ1n) is 13.7. The van der Waals surface area contributed by atoms with Gasteiger partial charge in [-0.2, -0.15) is 11.8 Å². The predicted octanol–water partition coefficient (Wildman–Crippen LogP) is 5.88. The third-order valence-corrected chi connectivity index (χ3v) is 7.65. The molecule has 0 radical (unpaired) electrons. The molecule has 9 heteroatoms. The lowest BCUT2D eigenvalue weighted by molar-refractivity contribution is -0.141. The minimum atomic E-state index is -0.888. The average molecular weight is 570 g/mol. The summed E-state index contributed by atoms with van der Waals surface area (Å²) in [4.78, 5) is 42.8. The summed E-state index contributed by atoms with van der Waals surface area (Å²) < 4.78 is 10.7. The van der Waals surface area contributed by atoms with E-state index in [9.17, 15) is 14.4 Å². The minimum absolute atomic E-state index is 0.127. The first-order valence-corrected chi connectivity index (χ1v) is 15.1. The van der Waals surface area contributed by atoms with Crippen LogP contribution in [-0.4, -0.2) is 59.6 Å². The fourth-order valence-electron chi connectivity index (χ4n) is 4.55. The van der Waals surface area contributed by atoms with Crippen LogP contribution < -0.4 is 15.4 Å². The van der Waals surface area contributed by atoms with Crippen LogP contribution in [0.4, 0.5) is 10.5 Å². The van der Waals surface area contributed by atoms with Crippen molar-refractivity contribution in [2.45, 2.75) is 78.1 Å². The highest BCUT2D eigenvalue weighted by molar-refractivity contribution is 7.98. The van der Waals surface area contributed by atoms with Gasteiger partial charge in [-0.3, -0.25) is 9.59 Å². The molecule has 0 bridgehead atoms. The highest BCUT2D eigenvalue weighted by Gasteiger charge is 2.48. The van der Waals surface area contributed by atoms with Gasteiger partial charge in [-0.05, 0) is 106 Å². The van der Waals surface area contributed by atoms with Crippen molar-refractivity contribution in [3.63, 3.8) is 0 Å². The molecule has 3 amide bonds. The Hall–Kier alpha value is -3.20. The molecule has 2 N–H and O–H groups in total. The summed E-state index contributed by atoms with van der Waals surface area (Å²) in [7, 11) is 1.59. The first kappa shape index (κ1) is 31.3. The van der Waals surface area contributed by atoms with Crippen molar-refractivity contribution in [2.24, 2.45) is 5.92 Å². The van der Waals surface area contributed by atoms with Crippen molar-refractivity contribution in [3.8, 4) is 5.75 Å². The molecule has 0 saturated heterocycles. The van der Waals surface area contributed by atoms with Gasteiger partial charge in [0.2, 0.25) is 5.91 Å². The number of thioether (sulfide) groups is 1. The van der Waals surface area contributed by atoms with Crippen molar-refractivity contribution in [1.82, 2.24) is 10.2 Å². The van der Waals surface area contributed by atoms with Crippen molar-refractivity contribution in [2.75, 3.05) is 24.4 Å². The van der Waals surface area contributed by atoms with E-state index >= 15 is 0 Å². The molecule has 8 nitrogen and oxygen atoms in total. The minimum Gasteiger partial charge on any atom is -0.497 e. The van der Waals surface area contributed by atoms with Crippen LogP contribution in [0.2, 0.25) is 0 Å². The van der Waals surface area contributed by atoms with Gasteiger partial charge in [-0.25, -0.2) is 4.79 Å². The molecule has 218 valence electrons. The number of alkyl carbamates (subject to hydrolysis) is 1. The molecule has 4 atom stereocenters. The van der Waals surface area contributed by atoms with E-state index in [0.717, 1.165) is 23.1 Å². The summed E-state index contributed by atoms with van der Waals surface area (Å²) in [6.07, 6.45) is 2.50. The largest absolute Gasteiger partial charge is 0.497 e. The molecule has 3 rings (SSSR count). The zero-order chi connectivity index (χ0) is 29.6. The third-order valence-electron chi connectivity index (χ3n) is 7.01. The molecule has 4 unspecified atom stereocenters. The SMILES string of the molecule is COc1ccc(NC(=O)C(c2ccc(C)c(C)c2)N(C(=O)C(CCSC)NC(=O)OC(C)(C)C)C2CC2C)cc1. The second-order valence-electron chi connectivity index (χ2n) is 11.5. The number of nitrogens with one attached hydrogen (secondary N) is 2. The Morgan fingerprint density at radius 3 is 2.25 bits per heavy atom. The molecule has 2 aromatic rings. The monoisotopic (exact) mass is 569 g/mol. The first-order chi connectivity index (χ1) is 18.8. The maximum absolute atomic E-state index is 14.3. The number of aryl methyl sites for hydroxylation is 2. The summed E-state index contributed by atoms with van der Waals surface area (Å²) in [5, 5.41) is 5.81. The van der Waals surface area contributed by atoms with E-state index in [-0.39, 0.29) is 23.8 Å². The molecule has 1 aliphatic rings. The van der Waals surface area contributed by atoms with Gasteiger partial charge < -0.3 is 25.0 Å².